The number of hydrogen-bond donors (Lipinski definition) is 2. The van der Waals surface area contributed by atoms with E-state index in [2.05, 4.69) is 15.6 Å². The average molecular weight is 296 g/mol. The van der Waals surface area contributed by atoms with Gasteiger partial charge in [0.05, 0.1) is 0 Å². The quantitative estimate of drug-likeness (QED) is 0.833. The van der Waals surface area contributed by atoms with E-state index in [1.165, 1.54) is 11.3 Å². The number of carbonyl (C=O) groups excluding carboxylic acids is 1. The highest BCUT2D eigenvalue weighted by molar-refractivity contribution is 7.14. The fourth-order valence-corrected chi connectivity index (χ4v) is 2.31. The van der Waals surface area contributed by atoms with Crippen LogP contribution in [0.25, 0.3) is 0 Å². The Morgan fingerprint density at radius 3 is 2.95 bits per heavy atom. The minimum atomic E-state index is -0.199. The van der Waals surface area contributed by atoms with E-state index in [1.54, 1.807) is 5.38 Å². The fourth-order valence-electron chi connectivity index (χ4n) is 1.52. The molecule has 0 atom stereocenters. The minimum absolute atomic E-state index is 0.199. The number of nitrogens with zero attached hydrogens (tertiary/aromatic N) is 1. The highest BCUT2D eigenvalue weighted by Gasteiger charge is 2.10. The zero-order valence-corrected chi connectivity index (χ0v) is 12.0. The number of anilines is 2. The number of thiazole rings is 1. The number of hydrogen-bond acceptors (Lipinski definition) is 4. The molecule has 0 aliphatic heterocycles. The van der Waals surface area contributed by atoms with Crippen molar-refractivity contribution in [3.05, 3.63) is 40.9 Å². The second-order valence-corrected chi connectivity index (χ2v) is 5.16. The van der Waals surface area contributed by atoms with Crippen molar-refractivity contribution in [3.8, 4) is 0 Å². The lowest BCUT2D eigenvalue weighted by Gasteiger charge is -2.05. The summed E-state index contributed by atoms with van der Waals surface area (Å²) >= 11 is 6.92. The van der Waals surface area contributed by atoms with Gasteiger partial charge < -0.3 is 10.6 Å². The zero-order valence-electron chi connectivity index (χ0n) is 10.4. The Morgan fingerprint density at radius 2 is 2.21 bits per heavy atom. The molecule has 0 aliphatic carbocycles. The SMILES string of the molecule is Cc1ccccc1Nc1nc(C(=O)NCCCl)cs1. The highest BCUT2D eigenvalue weighted by atomic mass is 35.5. The van der Waals surface area contributed by atoms with Crippen molar-refractivity contribution in [1.82, 2.24) is 10.3 Å². The molecule has 100 valence electrons. The first kappa shape index (κ1) is 13.8. The van der Waals surface area contributed by atoms with Crippen LogP contribution in [0.2, 0.25) is 0 Å². The Morgan fingerprint density at radius 1 is 1.42 bits per heavy atom. The van der Waals surface area contributed by atoms with Crippen molar-refractivity contribution in [2.45, 2.75) is 6.92 Å². The zero-order chi connectivity index (χ0) is 13.7. The van der Waals surface area contributed by atoms with Crippen LogP contribution in [0.3, 0.4) is 0 Å². The van der Waals surface area contributed by atoms with Gasteiger partial charge in [0.2, 0.25) is 0 Å². The number of carbonyl (C=O) groups is 1. The molecule has 0 bridgehead atoms. The van der Waals surface area contributed by atoms with Crippen molar-refractivity contribution in [2.24, 2.45) is 0 Å². The molecule has 4 nitrogen and oxygen atoms in total. The number of aromatic nitrogens is 1. The van der Waals surface area contributed by atoms with E-state index in [0.717, 1.165) is 11.3 Å². The lowest BCUT2D eigenvalue weighted by molar-refractivity contribution is 0.0952. The van der Waals surface area contributed by atoms with E-state index in [-0.39, 0.29) is 5.91 Å². The summed E-state index contributed by atoms with van der Waals surface area (Å²) in [6.07, 6.45) is 0. The van der Waals surface area contributed by atoms with Gasteiger partial charge in [-0.25, -0.2) is 4.98 Å². The number of rotatable bonds is 5. The molecule has 1 heterocycles. The Bertz CT molecular complexity index is 571. The Hall–Kier alpha value is -1.59. The molecular formula is C13H14ClN3OS. The van der Waals surface area contributed by atoms with Gasteiger partial charge in [0.15, 0.2) is 5.13 Å². The molecule has 0 radical (unpaired) electrons. The van der Waals surface area contributed by atoms with Gasteiger partial charge in [0.1, 0.15) is 5.69 Å². The maximum Gasteiger partial charge on any atom is 0.270 e. The summed E-state index contributed by atoms with van der Waals surface area (Å²) in [5.74, 6) is 0.194. The van der Waals surface area contributed by atoms with Gasteiger partial charge in [0, 0.05) is 23.5 Å². The van der Waals surface area contributed by atoms with Gasteiger partial charge in [-0.15, -0.1) is 22.9 Å². The number of aryl methyl sites for hydroxylation is 1. The third-order valence-corrected chi connectivity index (χ3v) is 3.45. The van der Waals surface area contributed by atoms with Crippen LogP contribution in [0.15, 0.2) is 29.6 Å². The molecule has 0 unspecified atom stereocenters. The topological polar surface area (TPSA) is 54.0 Å². The summed E-state index contributed by atoms with van der Waals surface area (Å²) in [5.41, 5.74) is 2.53. The van der Waals surface area contributed by atoms with Gasteiger partial charge in [-0.05, 0) is 18.6 Å². The second-order valence-electron chi connectivity index (χ2n) is 3.92. The highest BCUT2D eigenvalue weighted by Crippen LogP contribution is 2.23. The van der Waals surface area contributed by atoms with Gasteiger partial charge >= 0.3 is 0 Å². The van der Waals surface area contributed by atoms with E-state index >= 15 is 0 Å². The van der Waals surface area contributed by atoms with Crippen LogP contribution in [-0.4, -0.2) is 23.3 Å². The molecule has 1 aromatic carbocycles. The van der Waals surface area contributed by atoms with Crippen molar-refractivity contribution < 1.29 is 4.79 Å². The number of alkyl halides is 1. The van der Waals surface area contributed by atoms with E-state index in [4.69, 9.17) is 11.6 Å². The van der Waals surface area contributed by atoms with E-state index < -0.39 is 0 Å². The molecule has 0 saturated heterocycles. The average Bonchev–Trinajstić information content (AvgIpc) is 2.87. The first-order chi connectivity index (χ1) is 9.20. The number of para-hydroxylation sites is 1. The molecule has 0 fully saturated rings. The molecule has 1 amide bonds. The summed E-state index contributed by atoms with van der Waals surface area (Å²) in [6.45, 7) is 2.46. The van der Waals surface area contributed by atoms with E-state index in [1.807, 2.05) is 31.2 Å². The summed E-state index contributed by atoms with van der Waals surface area (Å²) in [6, 6.07) is 7.93. The second kappa shape index (κ2) is 6.54. The lowest BCUT2D eigenvalue weighted by Crippen LogP contribution is -2.25. The molecular weight excluding hydrogens is 282 g/mol. The normalized spacial score (nSPS) is 10.2. The van der Waals surface area contributed by atoms with Crippen LogP contribution >= 0.6 is 22.9 Å². The van der Waals surface area contributed by atoms with Crippen LogP contribution in [0.5, 0.6) is 0 Å². The van der Waals surface area contributed by atoms with Crippen molar-refractivity contribution in [1.29, 1.82) is 0 Å². The van der Waals surface area contributed by atoms with Gasteiger partial charge in [-0.1, -0.05) is 18.2 Å². The Kier molecular flexibility index (Phi) is 4.76. The van der Waals surface area contributed by atoms with E-state index in [9.17, 15) is 4.79 Å². The molecule has 0 saturated carbocycles. The fraction of sp³-hybridized carbons (Fsp3) is 0.231. The van der Waals surface area contributed by atoms with Crippen LogP contribution < -0.4 is 10.6 Å². The number of benzene rings is 1. The smallest absolute Gasteiger partial charge is 0.270 e. The largest absolute Gasteiger partial charge is 0.349 e. The van der Waals surface area contributed by atoms with Crippen LogP contribution in [-0.2, 0) is 0 Å². The molecule has 0 spiro atoms. The molecule has 2 rings (SSSR count). The van der Waals surface area contributed by atoms with Gasteiger partial charge in [0.25, 0.3) is 5.91 Å². The summed E-state index contributed by atoms with van der Waals surface area (Å²) in [4.78, 5) is 15.9. The maximum absolute atomic E-state index is 11.7. The lowest BCUT2D eigenvalue weighted by atomic mass is 10.2. The van der Waals surface area contributed by atoms with Gasteiger partial charge in [-0.3, -0.25) is 4.79 Å². The van der Waals surface area contributed by atoms with Crippen LogP contribution in [0.4, 0.5) is 10.8 Å². The van der Waals surface area contributed by atoms with Crippen LogP contribution in [0.1, 0.15) is 16.1 Å². The summed E-state index contributed by atoms with van der Waals surface area (Å²) in [5, 5.41) is 8.31. The molecule has 2 aromatic rings. The molecule has 19 heavy (non-hydrogen) atoms. The Balaban J connectivity index is 2.05. The van der Waals surface area contributed by atoms with Crippen molar-refractivity contribution in [3.63, 3.8) is 0 Å². The number of amides is 1. The molecule has 1 aromatic heterocycles. The first-order valence-corrected chi connectivity index (χ1v) is 7.24. The summed E-state index contributed by atoms with van der Waals surface area (Å²) in [7, 11) is 0. The summed E-state index contributed by atoms with van der Waals surface area (Å²) < 4.78 is 0. The number of nitrogens with one attached hydrogen (secondary N) is 2. The standard InChI is InChI=1S/C13H14ClN3OS/c1-9-4-2-3-5-10(9)16-13-17-11(8-19-13)12(18)15-7-6-14/h2-5,8H,6-7H2,1H3,(H,15,18)(H,16,17). The predicted octanol–water partition coefficient (Wildman–Crippen LogP) is 3.16. The monoisotopic (exact) mass is 295 g/mol. The third kappa shape index (κ3) is 3.68. The Labute approximate surface area is 120 Å². The van der Waals surface area contributed by atoms with Crippen molar-refractivity contribution in [2.75, 3.05) is 17.7 Å². The minimum Gasteiger partial charge on any atom is -0.349 e. The predicted molar refractivity (Wildman–Crippen MR) is 79.6 cm³/mol. The maximum atomic E-state index is 11.7. The molecule has 0 aliphatic rings. The van der Waals surface area contributed by atoms with E-state index in [0.29, 0.717) is 23.3 Å². The van der Waals surface area contributed by atoms with Gasteiger partial charge in [-0.2, -0.15) is 0 Å². The van der Waals surface area contributed by atoms with Crippen molar-refractivity contribution >= 4 is 39.7 Å². The van der Waals surface area contributed by atoms with Crippen LogP contribution in [0, 0.1) is 6.92 Å². The molecule has 2 N–H and O–H groups in total. The first-order valence-electron chi connectivity index (χ1n) is 5.83. The number of halogens is 1. The molecule has 6 heteroatoms. The third-order valence-electron chi connectivity index (χ3n) is 2.50.